The van der Waals surface area contributed by atoms with Crippen molar-refractivity contribution in [2.45, 2.75) is 37.9 Å². The smallest absolute Gasteiger partial charge is 0.374 e. The van der Waals surface area contributed by atoms with Gasteiger partial charge in [0.1, 0.15) is 12.2 Å². The summed E-state index contributed by atoms with van der Waals surface area (Å²) in [5, 5.41) is 0. The molecule has 1 aliphatic rings. The number of fused-ring (bicyclic) bond motifs is 1. The number of phosphoric ester groups is 1. The molecular weight excluding hydrogens is 357 g/mol. The van der Waals surface area contributed by atoms with Crippen LogP contribution >= 0.6 is 7.82 Å². The van der Waals surface area contributed by atoms with Gasteiger partial charge in [-0.15, -0.1) is 0 Å². The Labute approximate surface area is 141 Å². The van der Waals surface area contributed by atoms with Crippen LogP contribution in [0.15, 0.2) is 11.1 Å². The van der Waals surface area contributed by atoms with Crippen LogP contribution in [0.4, 0.5) is 5.95 Å². The summed E-state index contributed by atoms with van der Waals surface area (Å²) in [5.74, 6) is -0.0960. The number of nitrogen functional groups attached to an aromatic ring is 1. The number of ether oxygens (including phenoxy) is 2. The molecule has 3 rings (SSSR count). The van der Waals surface area contributed by atoms with Gasteiger partial charge in [-0.2, -0.15) is 4.98 Å². The lowest BCUT2D eigenvalue weighted by molar-refractivity contribution is -0.0496. The normalized spacial score (nSPS) is 27.2. The van der Waals surface area contributed by atoms with E-state index < -0.39 is 37.9 Å². The maximum atomic E-state index is 11.9. The predicted octanol–water partition coefficient (Wildman–Crippen LogP) is -0.498. The zero-order valence-corrected chi connectivity index (χ0v) is 14.3. The topological polar surface area (TPSA) is 175 Å². The second kappa shape index (κ2) is 6.48. The van der Waals surface area contributed by atoms with Crippen LogP contribution < -0.4 is 11.3 Å². The molecule has 0 spiro atoms. The number of aromatic nitrogens is 4. The summed E-state index contributed by atoms with van der Waals surface area (Å²) in [5.41, 5.74) is 5.29. The average Bonchev–Trinajstić information content (AvgIpc) is 3.06. The lowest BCUT2D eigenvalue weighted by Gasteiger charge is -2.23. The maximum Gasteiger partial charge on any atom is 0.470 e. The van der Waals surface area contributed by atoms with E-state index in [-0.39, 0.29) is 17.1 Å². The lowest BCUT2D eigenvalue weighted by atomic mass is 10.1. The standard InChI is InChI=1S/C12H18N5O7P/c1-3-5-7(24-25(19,20)21)8(22-2)11(23-5)17-4-14-6-9(17)15-12(13)16-10(6)18/h4-5,7-8,11H,3H2,1-2H3,(H2,19,20,21)(H3,13,15,16,18)/t5?,7?,8?,11-/m1/s1. The number of nitrogens with zero attached hydrogens (tertiary/aromatic N) is 3. The number of anilines is 1. The fourth-order valence-electron chi connectivity index (χ4n) is 2.93. The third-order valence-corrected chi connectivity index (χ3v) is 4.46. The van der Waals surface area contributed by atoms with Gasteiger partial charge in [-0.3, -0.25) is 18.9 Å². The van der Waals surface area contributed by atoms with Gasteiger partial charge in [-0.25, -0.2) is 9.55 Å². The summed E-state index contributed by atoms with van der Waals surface area (Å²) in [6, 6.07) is 0. The molecule has 0 bridgehead atoms. The summed E-state index contributed by atoms with van der Waals surface area (Å²) < 4.78 is 28.8. The zero-order chi connectivity index (χ0) is 18.4. The Balaban J connectivity index is 2.05. The molecule has 0 saturated carbocycles. The number of rotatable bonds is 5. The second-order valence-electron chi connectivity index (χ2n) is 5.51. The van der Waals surface area contributed by atoms with Crippen LogP contribution in [0.3, 0.4) is 0 Å². The molecule has 2 aromatic rings. The highest BCUT2D eigenvalue weighted by Crippen LogP contribution is 2.45. The van der Waals surface area contributed by atoms with Gasteiger partial charge < -0.3 is 25.0 Å². The maximum absolute atomic E-state index is 11.9. The first kappa shape index (κ1) is 18.0. The molecule has 138 valence electrons. The number of hydrogen-bond donors (Lipinski definition) is 4. The number of imidazole rings is 1. The van der Waals surface area contributed by atoms with Gasteiger partial charge in [0.15, 0.2) is 17.4 Å². The monoisotopic (exact) mass is 375 g/mol. The van der Waals surface area contributed by atoms with E-state index in [4.69, 9.17) is 29.5 Å². The molecule has 0 aliphatic carbocycles. The molecule has 1 aliphatic heterocycles. The van der Waals surface area contributed by atoms with Crippen molar-refractivity contribution in [3.63, 3.8) is 0 Å². The van der Waals surface area contributed by atoms with Crippen LogP contribution in [0.5, 0.6) is 0 Å². The fourth-order valence-corrected chi connectivity index (χ4v) is 3.50. The molecule has 2 aromatic heterocycles. The molecular formula is C12H18N5O7P. The van der Waals surface area contributed by atoms with Gasteiger partial charge in [0.25, 0.3) is 5.56 Å². The van der Waals surface area contributed by atoms with Gasteiger partial charge in [0, 0.05) is 7.11 Å². The van der Waals surface area contributed by atoms with Crippen molar-refractivity contribution < 1.29 is 28.3 Å². The summed E-state index contributed by atoms with van der Waals surface area (Å²) in [6.45, 7) is 1.78. The van der Waals surface area contributed by atoms with Crippen molar-refractivity contribution in [3.05, 3.63) is 16.7 Å². The Bertz CT molecular complexity index is 876. The minimum Gasteiger partial charge on any atom is -0.374 e. The number of hydrogen-bond acceptors (Lipinski definition) is 8. The number of aromatic amines is 1. The number of nitrogens with two attached hydrogens (primary N) is 1. The van der Waals surface area contributed by atoms with Crippen molar-refractivity contribution >= 4 is 24.9 Å². The van der Waals surface area contributed by atoms with Crippen molar-refractivity contribution in [2.24, 2.45) is 0 Å². The van der Waals surface area contributed by atoms with E-state index >= 15 is 0 Å². The minimum atomic E-state index is -4.76. The first-order valence-corrected chi connectivity index (χ1v) is 8.92. The molecule has 0 aromatic carbocycles. The van der Waals surface area contributed by atoms with E-state index in [2.05, 4.69) is 15.0 Å². The van der Waals surface area contributed by atoms with E-state index in [0.717, 1.165) is 0 Å². The summed E-state index contributed by atoms with van der Waals surface area (Å²) in [7, 11) is -3.39. The summed E-state index contributed by atoms with van der Waals surface area (Å²) in [4.78, 5) is 40.6. The molecule has 13 heteroatoms. The Kier molecular flexibility index (Phi) is 4.66. The fraction of sp³-hybridized carbons (Fsp3) is 0.583. The molecule has 5 N–H and O–H groups in total. The van der Waals surface area contributed by atoms with Crippen LogP contribution in [0, 0.1) is 0 Å². The van der Waals surface area contributed by atoms with Crippen LogP contribution in [-0.2, 0) is 18.6 Å². The third-order valence-electron chi connectivity index (χ3n) is 3.94. The Morgan fingerprint density at radius 1 is 1.48 bits per heavy atom. The van der Waals surface area contributed by atoms with Crippen LogP contribution in [0.1, 0.15) is 19.6 Å². The minimum absolute atomic E-state index is 0.0556. The molecule has 0 amide bonds. The van der Waals surface area contributed by atoms with Crippen molar-refractivity contribution in [2.75, 3.05) is 12.8 Å². The van der Waals surface area contributed by atoms with Crippen LogP contribution in [0.2, 0.25) is 0 Å². The quantitative estimate of drug-likeness (QED) is 0.499. The highest BCUT2D eigenvalue weighted by molar-refractivity contribution is 7.46. The molecule has 4 atom stereocenters. The molecule has 25 heavy (non-hydrogen) atoms. The number of phosphoric acid groups is 1. The van der Waals surface area contributed by atoms with E-state index in [9.17, 15) is 9.36 Å². The van der Waals surface area contributed by atoms with E-state index in [1.807, 2.05) is 0 Å². The van der Waals surface area contributed by atoms with Gasteiger partial charge in [0.2, 0.25) is 5.95 Å². The average molecular weight is 375 g/mol. The Hall–Kier alpha value is -1.82. The highest BCUT2D eigenvalue weighted by Gasteiger charge is 2.49. The second-order valence-corrected chi connectivity index (χ2v) is 6.70. The Morgan fingerprint density at radius 3 is 2.80 bits per heavy atom. The number of methoxy groups -OCH3 is 1. The Morgan fingerprint density at radius 2 is 2.20 bits per heavy atom. The molecule has 1 saturated heterocycles. The van der Waals surface area contributed by atoms with Crippen molar-refractivity contribution in [1.82, 2.24) is 19.5 Å². The van der Waals surface area contributed by atoms with Crippen LogP contribution in [0.25, 0.3) is 11.2 Å². The number of H-pyrrole nitrogens is 1. The molecule has 12 nitrogen and oxygen atoms in total. The summed E-state index contributed by atoms with van der Waals surface area (Å²) in [6.07, 6.45) is -1.63. The SMILES string of the molecule is CCC1O[C@@H](n2cnc3c(=O)[nH]c(N)nc32)C(OC)C1OP(=O)(O)O. The predicted molar refractivity (Wildman–Crippen MR) is 84.5 cm³/mol. The van der Waals surface area contributed by atoms with Gasteiger partial charge in [-0.1, -0.05) is 6.92 Å². The first-order valence-electron chi connectivity index (χ1n) is 7.39. The van der Waals surface area contributed by atoms with Gasteiger partial charge in [0.05, 0.1) is 12.4 Å². The highest BCUT2D eigenvalue weighted by atomic mass is 31.2. The van der Waals surface area contributed by atoms with E-state index in [1.165, 1.54) is 18.0 Å². The number of nitrogens with one attached hydrogen (secondary N) is 1. The zero-order valence-electron chi connectivity index (χ0n) is 13.4. The summed E-state index contributed by atoms with van der Waals surface area (Å²) >= 11 is 0. The molecule has 0 radical (unpaired) electrons. The van der Waals surface area contributed by atoms with E-state index in [1.54, 1.807) is 6.92 Å². The first-order chi connectivity index (χ1) is 11.7. The molecule has 3 heterocycles. The third kappa shape index (κ3) is 3.32. The van der Waals surface area contributed by atoms with Crippen LogP contribution in [-0.4, -0.2) is 54.7 Å². The van der Waals surface area contributed by atoms with Gasteiger partial charge >= 0.3 is 7.82 Å². The van der Waals surface area contributed by atoms with Crippen molar-refractivity contribution in [1.29, 1.82) is 0 Å². The van der Waals surface area contributed by atoms with Crippen molar-refractivity contribution in [3.8, 4) is 0 Å². The molecule has 3 unspecified atom stereocenters. The molecule has 1 fully saturated rings. The lowest BCUT2D eigenvalue weighted by Crippen LogP contribution is -2.35. The largest absolute Gasteiger partial charge is 0.470 e. The van der Waals surface area contributed by atoms with Gasteiger partial charge in [-0.05, 0) is 6.42 Å². The van der Waals surface area contributed by atoms with E-state index in [0.29, 0.717) is 6.42 Å².